The van der Waals surface area contributed by atoms with Crippen molar-refractivity contribution in [3.8, 4) is 34.0 Å². The summed E-state index contributed by atoms with van der Waals surface area (Å²) in [6.07, 6.45) is 4.44. The van der Waals surface area contributed by atoms with Crippen molar-refractivity contribution in [2.45, 2.75) is 25.5 Å². The Hall–Kier alpha value is -3.39. The number of aryl methyl sites for hydroxylation is 1. The van der Waals surface area contributed by atoms with Crippen molar-refractivity contribution in [1.29, 1.82) is 0 Å². The van der Waals surface area contributed by atoms with Crippen LogP contribution in [0.5, 0.6) is 0 Å². The summed E-state index contributed by atoms with van der Waals surface area (Å²) in [5.41, 5.74) is 4.69. The molecule has 158 valence electrons. The number of aromatic nitrogens is 4. The summed E-state index contributed by atoms with van der Waals surface area (Å²) >= 11 is 0. The maximum atomic E-state index is 12.2. The Balaban J connectivity index is 1.75. The molecule has 0 N–H and O–H groups in total. The highest BCUT2D eigenvalue weighted by molar-refractivity contribution is 7.91. The topological polar surface area (TPSA) is 98.8 Å². The molecule has 1 aromatic carbocycles. The molecule has 0 amide bonds. The van der Waals surface area contributed by atoms with E-state index in [4.69, 9.17) is 9.51 Å². The minimum absolute atomic E-state index is 0.447. The van der Waals surface area contributed by atoms with E-state index in [1.54, 1.807) is 38.4 Å². The van der Waals surface area contributed by atoms with Gasteiger partial charge in [0.1, 0.15) is 16.1 Å². The molecule has 0 radical (unpaired) electrons. The van der Waals surface area contributed by atoms with Gasteiger partial charge in [-0.25, -0.2) is 13.4 Å². The summed E-state index contributed by atoms with van der Waals surface area (Å²) in [6, 6.07) is 15.1. The zero-order valence-corrected chi connectivity index (χ0v) is 18.5. The van der Waals surface area contributed by atoms with Gasteiger partial charge in [0.2, 0.25) is 0 Å². The van der Waals surface area contributed by atoms with Crippen molar-refractivity contribution in [3.05, 3.63) is 72.3 Å². The molecule has 0 aliphatic heterocycles. The molecule has 4 aromatic rings. The lowest BCUT2D eigenvalue weighted by atomic mass is 10.0. The number of sulfone groups is 1. The summed E-state index contributed by atoms with van der Waals surface area (Å²) in [4.78, 5) is 13.5. The second-order valence-corrected chi connectivity index (χ2v) is 10.4. The Bertz CT molecular complexity index is 1350. The van der Waals surface area contributed by atoms with Crippen molar-refractivity contribution in [2.75, 3.05) is 6.26 Å². The quantitative estimate of drug-likeness (QED) is 0.457. The lowest BCUT2D eigenvalue weighted by Crippen LogP contribution is -2.29. The van der Waals surface area contributed by atoms with Gasteiger partial charge in [0.15, 0.2) is 15.6 Å². The number of hydrogen-bond donors (Lipinski definition) is 0. The molecule has 3 heterocycles. The first-order valence-electron chi connectivity index (χ1n) is 9.69. The molecule has 0 aliphatic carbocycles. The molecular weight excluding hydrogens is 412 g/mol. The molecule has 8 heteroatoms. The molecule has 0 unspecified atom stereocenters. The SMILES string of the molecule is Cc1ncc(-c2ccnc(C(C)(C)S(C)(=O)=O)c2)nc1-c1cc(-c2ccccc2)no1. The van der Waals surface area contributed by atoms with Gasteiger partial charge >= 0.3 is 0 Å². The van der Waals surface area contributed by atoms with Crippen LogP contribution in [0.2, 0.25) is 0 Å². The van der Waals surface area contributed by atoms with Crippen LogP contribution in [-0.2, 0) is 14.6 Å². The van der Waals surface area contributed by atoms with Gasteiger partial charge in [-0.3, -0.25) is 9.97 Å². The Morgan fingerprint density at radius 1 is 0.935 bits per heavy atom. The van der Waals surface area contributed by atoms with E-state index in [1.807, 2.05) is 43.3 Å². The van der Waals surface area contributed by atoms with Gasteiger partial charge in [-0.2, -0.15) is 0 Å². The van der Waals surface area contributed by atoms with Gasteiger partial charge in [0.05, 0.1) is 23.3 Å². The first kappa shape index (κ1) is 20.9. The number of benzene rings is 1. The maximum absolute atomic E-state index is 12.2. The molecule has 0 aliphatic rings. The number of pyridine rings is 1. The van der Waals surface area contributed by atoms with E-state index < -0.39 is 14.6 Å². The molecule has 31 heavy (non-hydrogen) atoms. The third-order valence-corrected chi connectivity index (χ3v) is 7.43. The first-order chi connectivity index (χ1) is 14.7. The Kier molecular flexibility index (Phi) is 5.18. The van der Waals surface area contributed by atoms with E-state index in [9.17, 15) is 8.42 Å². The summed E-state index contributed by atoms with van der Waals surface area (Å²) in [5.74, 6) is 0.511. The summed E-state index contributed by atoms with van der Waals surface area (Å²) in [6.45, 7) is 5.13. The van der Waals surface area contributed by atoms with Crippen molar-refractivity contribution in [3.63, 3.8) is 0 Å². The first-order valence-corrected chi connectivity index (χ1v) is 11.6. The van der Waals surface area contributed by atoms with Gasteiger partial charge in [0.25, 0.3) is 0 Å². The van der Waals surface area contributed by atoms with Crippen LogP contribution in [0, 0.1) is 6.92 Å². The highest BCUT2D eigenvalue weighted by atomic mass is 32.2. The number of hydrogen-bond acceptors (Lipinski definition) is 7. The Morgan fingerprint density at radius 3 is 2.39 bits per heavy atom. The molecule has 0 spiro atoms. The van der Waals surface area contributed by atoms with E-state index in [0.717, 1.165) is 11.1 Å². The molecule has 0 fully saturated rings. The van der Waals surface area contributed by atoms with E-state index in [2.05, 4.69) is 15.1 Å². The lowest BCUT2D eigenvalue weighted by Gasteiger charge is -2.22. The predicted molar refractivity (Wildman–Crippen MR) is 119 cm³/mol. The van der Waals surface area contributed by atoms with Gasteiger partial charge in [-0.15, -0.1) is 0 Å². The van der Waals surface area contributed by atoms with Crippen LogP contribution in [0.25, 0.3) is 34.0 Å². The zero-order valence-electron chi connectivity index (χ0n) is 17.7. The molecule has 3 aromatic heterocycles. The van der Waals surface area contributed by atoms with E-state index in [0.29, 0.717) is 34.2 Å². The van der Waals surface area contributed by atoms with Gasteiger partial charge < -0.3 is 4.52 Å². The third kappa shape index (κ3) is 3.98. The highest BCUT2D eigenvalue weighted by Crippen LogP contribution is 2.31. The van der Waals surface area contributed by atoms with E-state index in [1.165, 1.54) is 6.26 Å². The van der Waals surface area contributed by atoms with Crippen LogP contribution in [0.15, 0.2) is 65.4 Å². The number of rotatable bonds is 5. The molecular formula is C23H22N4O3S. The van der Waals surface area contributed by atoms with Crippen LogP contribution in [0.3, 0.4) is 0 Å². The smallest absolute Gasteiger partial charge is 0.187 e. The second-order valence-electron chi connectivity index (χ2n) is 7.84. The van der Waals surface area contributed by atoms with Crippen LogP contribution >= 0.6 is 0 Å². The molecule has 0 saturated heterocycles. The summed E-state index contributed by atoms with van der Waals surface area (Å²) in [5, 5.41) is 4.16. The maximum Gasteiger partial charge on any atom is 0.187 e. The van der Waals surface area contributed by atoms with Crippen molar-refractivity contribution < 1.29 is 12.9 Å². The molecule has 7 nitrogen and oxygen atoms in total. The van der Waals surface area contributed by atoms with E-state index >= 15 is 0 Å². The predicted octanol–water partition coefficient (Wildman–Crippen LogP) is 4.45. The average Bonchev–Trinajstić information content (AvgIpc) is 3.24. The fraction of sp³-hybridized carbons (Fsp3) is 0.217. The second kappa shape index (κ2) is 7.70. The van der Waals surface area contributed by atoms with Gasteiger partial charge in [0, 0.05) is 29.6 Å². The normalized spacial score (nSPS) is 12.1. The minimum atomic E-state index is -3.36. The summed E-state index contributed by atoms with van der Waals surface area (Å²) in [7, 11) is -3.36. The third-order valence-electron chi connectivity index (χ3n) is 5.37. The standard InChI is InChI=1S/C23H22N4O3S/c1-15-22(20-13-18(27-30-20)16-8-6-5-7-9-16)26-19(14-25-15)17-10-11-24-21(12-17)23(2,3)31(4,28)29/h5-14H,1-4H3. The number of nitrogens with zero attached hydrogens (tertiary/aromatic N) is 4. The van der Waals surface area contributed by atoms with Gasteiger partial charge in [-0.1, -0.05) is 35.5 Å². The van der Waals surface area contributed by atoms with Crippen LogP contribution < -0.4 is 0 Å². The van der Waals surface area contributed by atoms with Gasteiger partial charge in [-0.05, 0) is 32.9 Å². The van der Waals surface area contributed by atoms with Crippen LogP contribution in [0.4, 0.5) is 0 Å². The molecule has 0 saturated carbocycles. The molecule has 4 rings (SSSR count). The average molecular weight is 435 g/mol. The highest BCUT2D eigenvalue weighted by Gasteiger charge is 2.34. The molecule has 0 atom stereocenters. The van der Waals surface area contributed by atoms with Crippen molar-refractivity contribution >= 4 is 9.84 Å². The monoisotopic (exact) mass is 434 g/mol. The van der Waals surface area contributed by atoms with Crippen molar-refractivity contribution in [1.82, 2.24) is 20.1 Å². The van der Waals surface area contributed by atoms with Crippen molar-refractivity contribution in [2.24, 2.45) is 0 Å². The van der Waals surface area contributed by atoms with Crippen LogP contribution in [0.1, 0.15) is 25.2 Å². The molecule has 0 bridgehead atoms. The largest absolute Gasteiger partial charge is 0.354 e. The fourth-order valence-corrected chi connectivity index (χ4v) is 3.55. The lowest BCUT2D eigenvalue weighted by molar-refractivity contribution is 0.433. The van der Waals surface area contributed by atoms with E-state index in [-0.39, 0.29) is 0 Å². The minimum Gasteiger partial charge on any atom is -0.354 e. The fourth-order valence-electron chi connectivity index (χ4n) is 3.06. The Morgan fingerprint density at radius 2 is 1.68 bits per heavy atom. The summed E-state index contributed by atoms with van der Waals surface area (Å²) < 4.78 is 28.9. The zero-order chi connectivity index (χ0) is 22.2. The van der Waals surface area contributed by atoms with Crippen LogP contribution in [-0.4, -0.2) is 34.8 Å². The Labute approximate surface area is 181 Å².